The molecule has 0 N–H and O–H groups in total. The van der Waals surface area contributed by atoms with Crippen LogP contribution in [-0.4, -0.2) is 0 Å². The third-order valence-corrected chi connectivity index (χ3v) is 4.86. The Hall–Kier alpha value is 0. The first kappa shape index (κ1) is 12.1. The molecule has 3 atom stereocenters. The number of hydrogen-bond acceptors (Lipinski definition) is 0. The smallest absolute Gasteiger partial charge is 0.0246 e. The molecule has 0 aliphatic heterocycles. The van der Waals surface area contributed by atoms with E-state index >= 15 is 0 Å². The summed E-state index contributed by atoms with van der Waals surface area (Å²) >= 11 is 0. The summed E-state index contributed by atoms with van der Waals surface area (Å²) in [5, 5.41) is 0. The number of rotatable bonds is 6. The van der Waals surface area contributed by atoms with Crippen LogP contribution in [0.25, 0.3) is 0 Å². The predicted molar refractivity (Wildman–Crippen MR) is 64.4 cm³/mol. The summed E-state index contributed by atoms with van der Waals surface area (Å²) in [6, 6.07) is 0. The highest BCUT2D eigenvalue weighted by Gasteiger charge is 2.50. The fraction of sp³-hybridized carbons (Fsp3) is 1.00. The molecule has 1 aliphatic rings. The molecule has 14 heavy (non-hydrogen) atoms. The molecule has 0 aromatic heterocycles. The molecule has 1 aliphatic carbocycles. The quantitative estimate of drug-likeness (QED) is 0.567. The average Bonchev–Trinajstić information content (AvgIpc) is 2.97. The van der Waals surface area contributed by atoms with E-state index in [2.05, 4.69) is 34.6 Å². The highest BCUT2D eigenvalue weighted by molar-refractivity contribution is 5.00. The molecule has 0 radical (unpaired) electrons. The Morgan fingerprint density at radius 2 is 1.50 bits per heavy atom. The first-order valence-electron chi connectivity index (χ1n) is 6.56. The SMILES string of the molecule is CCC(C)CC(C)C1(C(C)CC)CC1. The summed E-state index contributed by atoms with van der Waals surface area (Å²) in [5.41, 5.74) is 0.748. The maximum absolute atomic E-state index is 2.49. The normalized spacial score (nSPS) is 25.5. The van der Waals surface area contributed by atoms with Gasteiger partial charge in [-0.15, -0.1) is 0 Å². The molecule has 0 heteroatoms. The highest BCUT2D eigenvalue weighted by atomic mass is 14.5. The summed E-state index contributed by atoms with van der Waals surface area (Å²) in [4.78, 5) is 0. The molecule has 0 nitrogen and oxygen atoms in total. The Kier molecular flexibility index (Phi) is 4.04. The van der Waals surface area contributed by atoms with Crippen LogP contribution < -0.4 is 0 Å². The van der Waals surface area contributed by atoms with Gasteiger partial charge in [0.05, 0.1) is 0 Å². The summed E-state index contributed by atoms with van der Waals surface area (Å²) in [6.45, 7) is 12.0. The second kappa shape index (κ2) is 4.68. The maximum atomic E-state index is 2.49. The molecule has 0 spiro atoms. The minimum Gasteiger partial charge on any atom is -0.0651 e. The maximum Gasteiger partial charge on any atom is -0.0246 e. The monoisotopic (exact) mass is 196 g/mol. The van der Waals surface area contributed by atoms with Gasteiger partial charge < -0.3 is 0 Å². The first-order chi connectivity index (χ1) is 6.56. The van der Waals surface area contributed by atoms with Gasteiger partial charge in [-0.3, -0.25) is 0 Å². The lowest BCUT2D eigenvalue weighted by Gasteiger charge is -2.30. The topological polar surface area (TPSA) is 0 Å². The van der Waals surface area contributed by atoms with Crippen molar-refractivity contribution in [3.63, 3.8) is 0 Å². The minimum atomic E-state index is 0.748. The molecule has 1 saturated carbocycles. The molecular formula is C14H28. The second-order valence-corrected chi connectivity index (χ2v) is 5.69. The van der Waals surface area contributed by atoms with E-state index in [0.717, 1.165) is 23.2 Å². The van der Waals surface area contributed by atoms with Gasteiger partial charge in [-0.1, -0.05) is 47.5 Å². The van der Waals surface area contributed by atoms with Crippen LogP contribution >= 0.6 is 0 Å². The largest absolute Gasteiger partial charge is 0.0651 e. The van der Waals surface area contributed by atoms with Crippen LogP contribution in [0.1, 0.15) is 66.7 Å². The summed E-state index contributed by atoms with van der Waals surface area (Å²) in [6.07, 6.45) is 7.16. The van der Waals surface area contributed by atoms with Crippen molar-refractivity contribution in [2.45, 2.75) is 66.7 Å². The Morgan fingerprint density at radius 1 is 0.929 bits per heavy atom. The van der Waals surface area contributed by atoms with E-state index in [1.807, 2.05) is 0 Å². The Bertz CT molecular complexity index is 167. The fourth-order valence-electron chi connectivity index (χ4n) is 3.03. The minimum absolute atomic E-state index is 0.748. The molecular weight excluding hydrogens is 168 g/mol. The third kappa shape index (κ3) is 2.32. The van der Waals surface area contributed by atoms with Crippen molar-refractivity contribution >= 4 is 0 Å². The molecule has 0 amide bonds. The van der Waals surface area contributed by atoms with Crippen LogP contribution in [0, 0.1) is 23.2 Å². The molecule has 0 aromatic carbocycles. The summed E-state index contributed by atoms with van der Waals surface area (Å²) in [7, 11) is 0. The third-order valence-electron chi connectivity index (χ3n) is 4.86. The van der Waals surface area contributed by atoms with E-state index in [0.29, 0.717) is 0 Å². The lowest BCUT2D eigenvalue weighted by Crippen LogP contribution is -2.22. The van der Waals surface area contributed by atoms with E-state index in [9.17, 15) is 0 Å². The molecule has 1 fully saturated rings. The van der Waals surface area contributed by atoms with Gasteiger partial charge in [-0.05, 0) is 42.4 Å². The van der Waals surface area contributed by atoms with Crippen molar-refractivity contribution in [1.29, 1.82) is 0 Å². The van der Waals surface area contributed by atoms with Gasteiger partial charge in [0.15, 0.2) is 0 Å². The van der Waals surface area contributed by atoms with Crippen molar-refractivity contribution in [2.75, 3.05) is 0 Å². The average molecular weight is 196 g/mol. The van der Waals surface area contributed by atoms with Gasteiger partial charge in [0.25, 0.3) is 0 Å². The van der Waals surface area contributed by atoms with Crippen LogP contribution in [0.15, 0.2) is 0 Å². The molecule has 0 saturated heterocycles. The predicted octanol–water partition coefficient (Wildman–Crippen LogP) is 4.89. The standard InChI is InChI=1S/C14H28/c1-6-11(3)10-13(5)14(8-9-14)12(4)7-2/h11-13H,6-10H2,1-5H3. The van der Waals surface area contributed by atoms with E-state index in [1.165, 1.54) is 32.1 Å². The van der Waals surface area contributed by atoms with Gasteiger partial charge in [-0.25, -0.2) is 0 Å². The van der Waals surface area contributed by atoms with E-state index in [-0.39, 0.29) is 0 Å². The Morgan fingerprint density at radius 3 is 1.86 bits per heavy atom. The summed E-state index contributed by atoms with van der Waals surface area (Å²) in [5.74, 6) is 2.82. The lowest BCUT2D eigenvalue weighted by molar-refractivity contribution is 0.189. The molecule has 1 rings (SSSR count). The Balaban J connectivity index is 2.47. The van der Waals surface area contributed by atoms with Gasteiger partial charge >= 0.3 is 0 Å². The highest BCUT2D eigenvalue weighted by Crippen LogP contribution is 2.59. The molecule has 3 unspecified atom stereocenters. The summed E-state index contributed by atoms with van der Waals surface area (Å²) < 4.78 is 0. The number of hydrogen-bond donors (Lipinski definition) is 0. The van der Waals surface area contributed by atoms with Gasteiger partial charge in [-0.2, -0.15) is 0 Å². The lowest BCUT2D eigenvalue weighted by atomic mass is 9.75. The van der Waals surface area contributed by atoms with Crippen LogP contribution in [0.5, 0.6) is 0 Å². The van der Waals surface area contributed by atoms with Crippen LogP contribution in [0.3, 0.4) is 0 Å². The van der Waals surface area contributed by atoms with Gasteiger partial charge in [0.2, 0.25) is 0 Å². The molecule has 0 bridgehead atoms. The zero-order valence-electron chi connectivity index (χ0n) is 10.8. The van der Waals surface area contributed by atoms with Crippen molar-refractivity contribution in [3.8, 4) is 0 Å². The fourth-order valence-corrected chi connectivity index (χ4v) is 3.03. The van der Waals surface area contributed by atoms with Crippen LogP contribution in [-0.2, 0) is 0 Å². The molecule has 84 valence electrons. The Labute approximate surface area is 90.5 Å². The van der Waals surface area contributed by atoms with E-state index < -0.39 is 0 Å². The zero-order valence-corrected chi connectivity index (χ0v) is 10.8. The van der Waals surface area contributed by atoms with Crippen molar-refractivity contribution < 1.29 is 0 Å². The zero-order chi connectivity index (χ0) is 10.8. The van der Waals surface area contributed by atoms with Crippen molar-refractivity contribution in [1.82, 2.24) is 0 Å². The van der Waals surface area contributed by atoms with E-state index in [1.54, 1.807) is 0 Å². The molecule has 0 aromatic rings. The van der Waals surface area contributed by atoms with Crippen LogP contribution in [0.4, 0.5) is 0 Å². The van der Waals surface area contributed by atoms with E-state index in [4.69, 9.17) is 0 Å². The van der Waals surface area contributed by atoms with Gasteiger partial charge in [0, 0.05) is 0 Å². The van der Waals surface area contributed by atoms with Gasteiger partial charge in [0.1, 0.15) is 0 Å². The molecule has 0 heterocycles. The second-order valence-electron chi connectivity index (χ2n) is 5.69. The van der Waals surface area contributed by atoms with Crippen molar-refractivity contribution in [2.24, 2.45) is 23.2 Å². The van der Waals surface area contributed by atoms with Crippen molar-refractivity contribution in [3.05, 3.63) is 0 Å². The van der Waals surface area contributed by atoms with Crippen LogP contribution in [0.2, 0.25) is 0 Å². The first-order valence-corrected chi connectivity index (χ1v) is 6.56.